The van der Waals surface area contributed by atoms with Gasteiger partial charge in [-0.3, -0.25) is 9.59 Å². The molecule has 2 aromatic carbocycles. The molecule has 1 N–H and O–H groups in total. The fourth-order valence-corrected chi connectivity index (χ4v) is 3.07. The number of anilines is 1. The number of methoxy groups -OCH3 is 1. The molecule has 1 aliphatic heterocycles. The molecular formula is C19H19ClN2O3. The van der Waals surface area contributed by atoms with Crippen molar-refractivity contribution in [2.45, 2.75) is 13.0 Å². The van der Waals surface area contributed by atoms with Crippen LogP contribution in [-0.4, -0.2) is 30.4 Å². The number of likely N-dealkylation sites (tertiary alicyclic amines) is 1. The molecule has 0 bridgehead atoms. The summed E-state index contributed by atoms with van der Waals surface area (Å²) in [4.78, 5) is 26.4. The molecule has 2 amide bonds. The Morgan fingerprint density at radius 3 is 2.84 bits per heavy atom. The summed E-state index contributed by atoms with van der Waals surface area (Å²) < 4.78 is 5.15. The van der Waals surface area contributed by atoms with Gasteiger partial charge in [0.1, 0.15) is 5.75 Å². The Hall–Kier alpha value is -2.53. The number of carbonyl (C=O) groups is 2. The first-order chi connectivity index (χ1) is 12.1. The van der Waals surface area contributed by atoms with Crippen LogP contribution in [0.4, 0.5) is 5.69 Å². The highest BCUT2D eigenvalue weighted by atomic mass is 35.5. The van der Waals surface area contributed by atoms with Gasteiger partial charge in [-0.25, -0.2) is 0 Å². The molecule has 0 radical (unpaired) electrons. The van der Waals surface area contributed by atoms with E-state index >= 15 is 0 Å². The van der Waals surface area contributed by atoms with Crippen molar-refractivity contribution < 1.29 is 14.3 Å². The Morgan fingerprint density at radius 1 is 1.28 bits per heavy atom. The molecule has 130 valence electrons. The van der Waals surface area contributed by atoms with Crippen molar-refractivity contribution in [3.63, 3.8) is 0 Å². The Balaban J connectivity index is 1.63. The van der Waals surface area contributed by atoms with Gasteiger partial charge in [0.15, 0.2) is 0 Å². The molecule has 1 saturated heterocycles. The van der Waals surface area contributed by atoms with Crippen molar-refractivity contribution in [3.05, 3.63) is 59.1 Å². The first-order valence-electron chi connectivity index (χ1n) is 8.03. The van der Waals surface area contributed by atoms with Crippen molar-refractivity contribution in [1.82, 2.24) is 4.90 Å². The van der Waals surface area contributed by atoms with Crippen LogP contribution in [0.5, 0.6) is 5.75 Å². The van der Waals surface area contributed by atoms with Crippen molar-refractivity contribution in [1.29, 1.82) is 0 Å². The third-order valence-corrected chi connectivity index (χ3v) is 4.61. The highest BCUT2D eigenvalue weighted by Gasteiger charge is 2.34. The number of benzene rings is 2. The van der Waals surface area contributed by atoms with E-state index in [1.165, 1.54) is 0 Å². The summed E-state index contributed by atoms with van der Waals surface area (Å²) in [5.41, 5.74) is 1.53. The lowest BCUT2D eigenvalue weighted by Gasteiger charge is -2.17. The predicted octanol–water partition coefficient (Wildman–Crippen LogP) is 3.34. The molecule has 0 aromatic heterocycles. The molecule has 25 heavy (non-hydrogen) atoms. The van der Waals surface area contributed by atoms with Crippen LogP contribution in [0.2, 0.25) is 5.02 Å². The van der Waals surface area contributed by atoms with E-state index in [9.17, 15) is 9.59 Å². The number of amides is 2. The predicted molar refractivity (Wildman–Crippen MR) is 96.6 cm³/mol. The zero-order valence-electron chi connectivity index (χ0n) is 13.9. The van der Waals surface area contributed by atoms with E-state index in [-0.39, 0.29) is 24.2 Å². The Labute approximate surface area is 151 Å². The summed E-state index contributed by atoms with van der Waals surface area (Å²) in [6.07, 6.45) is 0.209. The number of halogens is 1. The number of nitrogens with zero attached hydrogens (tertiary/aromatic N) is 1. The van der Waals surface area contributed by atoms with Crippen molar-refractivity contribution in [2.75, 3.05) is 19.0 Å². The molecule has 1 heterocycles. The Kier molecular flexibility index (Phi) is 5.24. The summed E-state index contributed by atoms with van der Waals surface area (Å²) in [5.74, 6) is 0.0933. The third kappa shape index (κ3) is 4.12. The van der Waals surface area contributed by atoms with Gasteiger partial charge in [-0.05, 0) is 23.8 Å². The van der Waals surface area contributed by atoms with Gasteiger partial charge in [0, 0.05) is 36.3 Å². The minimum atomic E-state index is -0.374. The summed E-state index contributed by atoms with van der Waals surface area (Å²) in [5, 5.41) is 3.48. The van der Waals surface area contributed by atoms with E-state index in [0.717, 1.165) is 5.56 Å². The Morgan fingerprint density at radius 2 is 2.08 bits per heavy atom. The van der Waals surface area contributed by atoms with Crippen LogP contribution in [0, 0.1) is 5.92 Å². The number of hydrogen-bond acceptors (Lipinski definition) is 3. The zero-order valence-corrected chi connectivity index (χ0v) is 14.6. The van der Waals surface area contributed by atoms with Gasteiger partial charge < -0.3 is 15.0 Å². The largest absolute Gasteiger partial charge is 0.497 e. The SMILES string of the molecule is COc1cccc(NC(=O)C2CC(=O)N(Cc3ccccc3Cl)C2)c1. The molecule has 3 rings (SSSR count). The van der Waals surface area contributed by atoms with E-state index in [2.05, 4.69) is 5.32 Å². The second-order valence-electron chi connectivity index (χ2n) is 5.99. The lowest BCUT2D eigenvalue weighted by atomic mass is 10.1. The van der Waals surface area contributed by atoms with Gasteiger partial charge in [-0.2, -0.15) is 0 Å². The summed E-state index contributed by atoms with van der Waals surface area (Å²) in [6, 6.07) is 14.6. The summed E-state index contributed by atoms with van der Waals surface area (Å²) >= 11 is 6.16. The van der Waals surface area contributed by atoms with Gasteiger partial charge in [0.05, 0.1) is 13.0 Å². The summed E-state index contributed by atoms with van der Waals surface area (Å²) in [7, 11) is 1.57. The van der Waals surface area contributed by atoms with Crippen molar-refractivity contribution in [2.24, 2.45) is 5.92 Å². The zero-order chi connectivity index (χ0) is 17.8. The first kappa shape index (κ1) is 17.3. The van der Waals surface area contributed by atoms with Gasteiger partial charge in [-0.15, -0.1) is 0 Å². The molecule has 1 unspecified atom stereocenters. The van der Waals surface area contributed by atoms with Crippen molar-refractivity contribution >= 4 is 29.1 Å². The third-order valence-electron chi connectivity index (χ3n) is 4.24. The van der Waals surface area contributed by atoms with E-state index in [1.807, 2.05) is 18.2 Å². The monoisotopic (exact) mass is 358 g/mol. The van der Waals surface area contributed by atoms with Gasteiger partial charge in [-0.1, -0.05) is 35.9 Å². The first-order valence-corrected chi connectivity index (χ1v) is 8.40. The number of rotatable bonds is 5. The minimum absolute atomic E-state index is 0.0364. The molecule has 0 aliphatic carbocycles. The number of nitrogens with one attached hydrogen (secondary N) is 1. The van der Waals surface area contributed by atoms with Gasteiger partial charge in [0.2, 0.25) is 11.8 Å². The fraction of sp³-hybridized carbons (Fsp3) is 0.263. The van der Waals surface area contributed by atoms with Crippen LogP contribution in [0.15, 0.2) is 48.5 Å². The second kappa shape index (κ2) is 7.57. The summed E-state index contributed by atoms with van der Waals surface area (Å²) in [6.45, 7) is 0.807. The van der Waals surface area contributed by atoms with E-state index in [0.29, 0.717) is 29.5 Å². The number of carbonyl (C=O) groups excluding carboxylic acids is 2. The molecule has 2 aromatic rings. The molecule has 1 atom stereocenters. The molecular weight excluding hydrogens is 340 g/mol. The average molecular weight is 359 g/mol. The van der Waals surface area contributed by atoms with E-state index in [1.54, 1.807) is 42.3 Å². The fourth-order valence-electron chi connectivity index (χ4n) is 2.88. The quantitative estimate of drug-likeness (QED) is 0.891. The lowest BCUT2D eigenvalue weighted by Crippen LogP contribution is -2.28. The molecule has 1 fully saturated rings. The van der Waals surface area contributed by atoms with Crippen LogP contribution < -0.4 is 10.1 Å². The van der Waals surface area contributed by atoms with E-state index < -0.39 is 0 Å². The maximum atomic E-state index is 12.5. The maximum Gasteiger partial charge on any atom is 0.229 e. The van der Waals surface area contributed by atoms with Gasteiger partial charge >= 0.3 is 0 Å². The average Bonchev–Trinajstić information content (AvgIpc) is 2.98. The molecule has 5 nitrogen and oxygen atoms in total. The standard InChI is InChI=1S/C19H19ClN2O3/c1-25-16-7-4-6-15(10-16)21-19(24)14-9-18(23)22(12-14)11-13-5-2-3-8-17(13)20/h2-8,10,14H,9,11-12H2,1H3,(H,21,24). The van der Waals surface area contributed by atoms with Crippen molar-refractivity contribution in [3.8, 4) is 5.75 Å². The second-order valence-corrected chi connectivity index (χ2v) is 6.40. The minimum Gasteiger partial charge on any atom is -0.497 e. The Bertz CT molecular complexity index is 794. The molecule has 0 saturated carbocycles. The molecule has 0 spiro atoms. The smallest absolute Gasteiger partial charge is 0.229 e. The van der Waals surface area contributed by atoms with Crippen LogP contribution >= 0.6 is 11.6 Å². The van der Waals surface area contributed by atoms with Gasteiger partial charge in [0.25, 0.3) is 0 Å². The van der Waals surface area contributed by atoms with E-state index in [4.69, 9.17) is 16.3 Å². The number of hydrogen-bond donors (Lipinski definition) is 1. The topological polar surface area (TPSA) is 58.6 Å². The highest BCUT2D eigenvalue weighted by molar-refractivity contribution is 6.31. The van der Waals surface area contributed by atoms with Crippen LogP contribution in [0.3, 0.4) is 0 Å². The highest BCUT2D eigenvalue weighted by Crippen LogP contribution is 2.25. The number of ether oxygens (including phenoxy) is 1. The molecule has 1 aliphatic rings. The van der Waals surface area contributed by atoms with Crippen LogP contribution in [0.1, 0.15) is 12.0 Å². The van der Waals surface area contributed by atoms with Crippen LogP contribution in [0.25, 0.3) is 0 Å². The maximum absolute atomic E-state index is 12.5. The van der Waals surface area contributed by atoms with Crippen LogP contribution in [-0.2, 0) is 16.1 Å². The lowest BCUT2D eigenvalue weighted by molar-refractivity contribution is -0.128. The normalized spacial score (nSPS) is 16.8. The molecule has 6 heteroatoms.